The van der Waals surface area contributed by atoms with Crippen molar-refractivity contribution in [3.05, 3.63) is 10.5 Å². The maximum atomic E-state index is 12.2. The average molecular weight is 364 g/mol. The molecule has 0 spiro atoms. The molecule has 0 radical (unpaired) electrons. The molecule has 0 aliphatic carbocycles. The molecule has 4 N–H and O–H groups in total. The van der Waals surface area contributed by atoms with Crippen molar-refractivity contribution in [2.45, 2.75) is 51.7 Å². The number of nitrogens with two attached hydrogens (primary N) is 1. The van der Waals surface area contributed by atoms with Crippen LogP contribution in [0.1, 0.15) is 39.0 Å². The normalized spacial score (nSPS) is 17.2. The number of anilines is 1. The van der Waals surface area contributed by atoms with E-state index in [2.05, 4.69) is 27.2 Å². The monoisotopic (exact) mass is 364 g/mol. The number of rotatable bonds is 10. The molecule has 144 valence electrons. The Bertz CT molecular complexity index is 766. The SMILES string of the molecule is CCCCOc1nc(N)c2[nH]c(=O)n(CCCNCC3CCCO3)c2n1. The van der Waals surface area contributed by atoms with Gasteiger partial charge in [-0.05, 0) is 32.2 Å². The summed E-state index contributed by atoms with van der Waals surface area (Å²) in [6, 6.07) is 0.215. The molecule has 26 heavy (non-hydrogen) atoms. The number of hydrogen-bond donors (Lipinski definition) is 3. The molecule has 0 amide bonds. The number of aromatic nitrogens is 4. The number of nitrogen functional groups attached to an aromatic ring is 1. The number of fused-ring (bicyclic) bond motifs is 1. The maximum absolute atomic E-state index is 12.2. The quantitative estimate of drug-likeness (QED) is 0.539. The van der Waals surface area contributed by atoms with Crippen molar-refractivity contribution in [1.29, 1.82) is 0 Å². The molecule has 9 heteroatoms. The van der Waals surface area contributed by atoms with E-state index in [1.807, 2.05) is 0 Å². The van der Waals surface area contributed by atoms with Gasteiger partial charge in [0.25, 0.3) is 0 Å². The number of nitrogens with zero attached hydrogens (tertiary/aromatic N) is 3. The Hall–Kier alpha value is -2.13. The summed E-state index contributed by atoms with van der Waals surface area (Å²) in [6.45, 7) is 5.68. The van der Waals surface area contributed by atoms with Gasteiger partial charge in [0.15, 0.2) is 11.5 Å². The molecular weight excluding hydrogens is 336 g/mol. The molecule has 1 saturated heterocycles. The molecule has 1 aliphatic heterocycles. The zero-order valence-electron chi connectivity index (χ0n) is 15.3. The molecule has 0 bridgehead atoms. The van der Waals surface area contributed by atoms with E-state index in [4.69, 9.17) is 15.2 Å². The zero-order valence-corrected chi connectivity index (χ0v) is 15.3. The molecule has 2 aromatic heterocycles. The second-order valence-electron chi connectivity index (χ2n) is 6.57. The van der Waals surface area contributed by atoms with Crippen molar-refractivity contribution >= 4 is 17.0 Å². The Morgan fingerprint density at radius 2 is 2.31 bits per heavy atom. The van der Waals surface area contributed by atoms with Crippen molar-refractivity contribution in [1.82, 2.24) is 24.8 Å². The molecule has 1 atom stereocenters. The van der Waals surface area contributed by atoms with Gasteiger partial charge in [-0.3, -0.25) is 4.57 Å². The third-order valence-corrected chi connectivity index (χ3v) is 4.49. The Morgan fingerprint density at radius 3 is 3.08 bits per heavy atom. The Balaban J connectivity index is 1.61. The van der Waals surface area contributed by atoms with E-state index < -0.39 is 0 Å². The minimum absolute atomic E-state index is 0.215. The number of imidazole rings is 1. The van der Waals surface area contributed by atoms with E-state index >= 15 is 0 Å². The predicted molar refractivity (Wildman–Crippen MR) is 99.4 cm³/mol. The predicted octanol–water partition coefficient (Wildman–Crippen LogP) is 1.04. The van der Waals surface area contributed by atoms with Crippen LogP contribution in [0.3, 0.4) is 0 Å². The van der Waals surface area contributed by atoms with Gasteiger partial charge in [-0.1, -0.05) is 13.3 Å². The van der Waals surface area contributed by atoms with Crippen LogP contribution in [0.15, 0.2) is 4.79 Å². The van der Waals surface area contributed by atoms with Crippen molar-refractivity contribution in [2.24, 2.45) is 0 Å². The van der Waals surface area contributed by atoms with Crippen LogP contribution in [0, 0.1) is 0 Å². The summed E-state index contributed by atoms with van der Waals surface area (Å²) in [4.78, 5) is 23.5. The molecule has 3 heterocycles. The average Bonchev–Trinajstić information content (AvgIpc) is 3.24. The summed E-state index contributed by atoms with van der Waals surface area (Å²) in [5.41, 5.74) is 6.67. The van der Waals surface area contributed by atoms with E-state index in [0.717, 1.165) is 51.8 Å². The molecule has 0 aromatic carbocycles. The van der Waals surface area contributed by atoms with Gasteiger partial charge in [0.1, 0.15) is 5.52 Å². The molecule has 2 aromatic rings. The zero-order chi connectivity index (χ0) is 18.4. The van der Waals surface area contributed by atoms with Crippen LogP contribution in [-0.2, 0) is 11.3 Å². The van der Waals surface area contributed by atoms with Crippen molar-refractivity contribution in [2.75, 3.05) is 32.0 Å². The summed E-state index contributed by atoms with van der Waals surface area (Å²) in [7, 11) is 0. The van der Waals surface area contributed by atoms with Crippen molar-refractivity contribution in [3.63, 3.8) is 0 Å². The molecule has 3 rings (SSSR count). The number of H-pyrrole nitrogens is 1. The summed E-state index contributed by atoms with van der Waals surface area (Å²) in [5.74, 6) is 0.230. The second-order valence-corrected chi connectivity index (χ2v) is 6.57. The highest BCUT2D eigenvalue weighted by atomic mass is 16.5. The molecule has 1 unspecified atom stereocenters. The van der Waals surface area contributed by atoms with Gasteiger partial charge in [0.2, 0.25) is 0 Å². The lowest BCUT2D eigenvalue weighted by atomic mass is 10.2. The highest BCUT2D eigenvalue weighted by Crippen LogP contribution is 2.18. The minimum atomic E-state index is -0.231. The number of ether oxygens (including phenoxy) is 2. The van der Waals surface area contributed by atoms with Crippen LogP contribution in [-0.4, -0.2) is 51.9 Å². The van der Waals surface area contributed by atoms with Crippen LogP contribution in [0.5, 0.6) is 6.01 Å². The number of aryl methyl sites for hydroxylation is 1. The highest BCUT2D eigenvalue weighted by Gasteiger charge is 2.16. The summed E-state index contributed by atoms with van der Waals surface area (Å²) in [6.07, 6.45) is 5.31. The molecule has 1 aliphatic rings. The van der Waals surface area contributed by atoms with Gasteiger partial charge in [-0.2, -0.15) is 9.97 Å². The summed E-state index contributed by atoms with van der Waals surface area (Å²) < 4.78 is 12.7. The fraction of sp³-hybridized carbons (Fsp3) is 0.706. The molecule has 0 saturated carbocycles. The van der Waals surface area contributed by atoms with Gasteiger partial charge in [0, 0.05) is 19.7 Å². The lowest BCUT2D eigenvalue weighted by Crippen LogP contribution is -2.28. The lowest BCUT2D eigenvalue weighted by molar-refractivity contribution is 0.110. The molecular formula is C17H28N6O3. The van der Waals surface area contributed by atoms with E-state index in [1.165, 1.54) is 0 Å². The number of unbranched alkanes of at least 4 members (excludes halogenated alkanes) is 1. The van der Waals surface area contributed by atoms with Crippen LogP contribution in [0.25, 0.3) is 11.2 Å². The largest absolute Gasteiger partial charge is 0.463 e. The Labute approximate surface area is 152 Å². The van der Waals surface area contributed by atoms with Crippen LogP contribution in [0.2, 0.25) is 0 Å². The van der Waals surface area contributed by atoms with Gasteiger partial charge in [-0.15, -0.1) is 0 Å². The first-order chi connectivity index (χ1) is 12.7. The third-order valence-electron chi connectivity index (χ3n) is 4.49. The summed E-state index contributed by atoms with van der Waals surface area (Å²) >= 11 is 0. The van der Waals surface area contributed by atoms with Gasteiger partial charge in [0.05, 0.1) is 12.7 Å². The third kappa shape index (κ3) is 4.53. The van der Waals surface area contributed by atoms with E-state index in [9.17, 15) is 4.79 Å². The van der Waals surface area contributed by atoms with Crippen molar-refractivity contribution < 1.29 is 9.47 Å². The first-order valence-electron chi connectivity index (χ1n) is 9.40. The van der Waals surface area contributed by atoms with Crippen LogP contribution in [0.4, 0.5) is 5.82 Å². The highest BCUT2D eigenvalue weighted by molar-refractivity contribution is 5.81. The number of hydrogen-bond acceptors (Lipinski definition) is 7. The molecule has 1 fully saturated rings. The smallest absolute Gasteiger partial charge is 0.327 e. The summed E-state index contributed by atoms with van der Waals surface area (Å²) in [5, 5.41) is 3.38. The Kier molecular flexibility index (Phi) is 6.45. The minimum Gasteiger partial charge on any atom is -0.463 e. The first kappa shape index (κ1) is 18.7. The fourth-order valence-electron chi connectivity index (χ4n) is 3.04. The Morgan fingerprint density at radius 1 is 1.42 bits per heavy atom. The van der Waals surface area contributed by atoms with E-state index in [1.54, 1.807) is 4.57 Å². The number of nitrogens with one attached hydrogen (secondary N) is 2. The standard InChI is InChI=1S/C17H28N6O3/c1-2-3-9-26-16-21-14(18)13-15(22-16)23(17(24)20-13)8-5-7-19-11-12-6-4-10-25-12/h12,19H,2-11H2,1H3,(H,20,24)(H2,18,21,22). The first-order valence-corrected chi connectivity index (χ1v) is 9.40. The van der Waals surface area contributed by atoms with Crippen LogP contribution < -0.4 is 21.5 Å². The maximum Gasteiger partial charge on any atom is 0.327 e. The van der Waals surface area contributed by atoms with E-state index in [-0.39, 0.29) is 17.5 Å². The lowest BCUT2D eigenvalue weighted by Gasteiger charge is -2.10. The van der Waals surface area contributed by atoms with E-state index in [0.29, 0.717) is 30.4 Å². The van der Waals surface area contributed by atoms with Crippen LogP contribution >= 0.6 is 0 Å². The number of aromatic amines is 1. The van der Waals surface area contributed by atoms with Gasteiger partial charge < -0.3 is 25.5 Å². The topological polar surface area (TPSA) is 120 Å². The van der Waals surface area contributed by atoms with Crippen molar-refractivity contribution in [3.8, 4) is 6.01 Å². The van der Waals surface area contributed by atoms with Gasteiger partial charge in [-0.25, -0.2) is 4.79 Å². The fourth-order valence-corrected chi connectivity index (χ4v) is 3.04. The molecule has 9 nitrogen and oxygen atoms in total. The van der Waals surface area contributed by atoms with Gasteiger partial charge >= 0.3 is 11.7 Å². The second kappa shape index (κ2) is 9.00.